The number of carboxylic acids is 1. The Morgan fingerprint density at radius 2 is 1.91 bits per heavy atom. The van der Waals surface area contributed by atoms with Crippen molar-refractivity contribution < 1.29 is 19.4 Å². The Morgan fingerprint density at radius 3 is 2.61 bits per heavy atom. The van der Waals surface area contributed by atoms with Gasteiger partial charge in [-0.2, -0.15) is 0 Å². The van der Waals surface area contributed by atoms with Gasteiger partial charge in [-0.1, -0.05) is 36.4 Å². The first-order valence-corrected chi connectivity index (χ1v) is 7.45. The molecule has 2 rings (SSSR count). The molecule has 0 saturated carbocycles. The highest BCUT2D eigenvalue weighted by atomic mass is 16.5. The molecule has 23 heavy (non-hydrogen) atoms. The minimum atomic E-state index is -0.981. The molecule has 0 unspecified atom stereocenters. The van der Waals surface area contributed by atoms with Gasteiger partial charge in [0.05, 0.1) is 13.7 Å². The first-order chi connectivity index (χ1) is 11.2. The highest BCUT2D eigenvalue weighted by molar-refractivity contribution is 5.85. The van der Waals surface area contributed by atoms with E-state index in [2.05, 4.69) is 12.1 Å². The van der Waals surface area contributed by atoms with Gasteiger partial charge >= 0.3 is 5.97 Å². The molecule has 0 saturated heterocycles. The Bertz CT molecular complexity index is 662. The molecule has 2 aromatic rings. The van der Waals surface area contributed by atoms with Crippen molar-refractivity contribution in [2.45, 2.75) is 12.8 Å². The smallest absolute Gasteiger partial charge is 0.328 e. The minimum absolute atomic E-state index is 0.593. The van der Waals surface area contributed by atoms with Crippen LogP contribution in [-0.2, 0) is 11.2 Å². The van der Waals surface area contributed by atoms with Crippen LogP contribution in [0.2, 0.25) is 0 Å². The van der Waals surface area contributed by atoms with Gasteiger partial charge in [0.2, 0.25) is 0 Å². The molecule has 0 heterocycles. The van der Waals surface area contributed by atoms with Crippen LogP contribution in [0.15, 0.2) is 54.6 Å². The molecule has 0 fully saturated rings. The summed E-state index contributed by atoms with van der Waals surface area (Å²) < 4.78 is 11.1. The summed E-state index contributed by atoms with van der Waals surface area (Å²) in [6, 6.07) is 15.6. The maximum absolute atomic E-state index is 10.5. The van der Waals surface area contributed by atoms with Crippen LogP contribution in [0.3, 0.4) is 0 Å². The third-order valence-corrected chi connectivity index (χ3v) is 3.32. The van der Waals surface area contributed by atoms with Crippen molar-refractivity contribution in [3.63, 3.8) is 0 Å². The molecule has 120 valence electrons. The van der Waals surface area contributed by atoms with E-state index < -0.39 is 5.97 Å². The number of aliphatic carboxylic acids is 1. The molecule has 4 heteroatoms. The van der Waals surface area contributed by atoms with E-state index in [4.69, 9.17) is 14.6 Å². The lowest BCUT2D eigenvalue weighted by molar-refractivity contribution is -0.131. The topological polar surface area (TPSA) is 55.8 Å². The number of ether oxygens (including phenoxy) is 2. The van der Waals surface area contributed by atoms with Crippen LogP contribution in [0.4, 0.5) is 0 Å². The summed E-state index contributed by atoms with van der Waals surface area (Å²) in [5.74, 6) is 0.274. The summed E-state index contributed by atoms with van der Waals surface area (Å²) in [6.45, 7) is 0.593. The summed E-state index contributed by atoms with van der Waals surface area (Å²) in [6.07, 6.45) is 4.48. The van der Waals surface area contributed by atoms with E-state index in [9.17, 15) is 4.79 Å². The quantitative estimate of drug-likeness (QED) is 0.595. The van der Waals surface area contributed by atoms with Crippen molar-refractivity contribution in [1.82, 2.24) is 0 Å². The van der Waals surface area contributed by atoms with Crippen molar-refractivity contribution in [1.29, 1.82) is 0 Å². The van der Waals surface area contributed by atoms with Crippen molar-refractivity contribution in [2.24, 2.45) is 0 Å². The number of benzene rings is 2. The summed E-state index contributed by atoms with van der Waals surface area (Å²) in [7, 11) is 1.57. The molecular formula is C19H20O4. The Balaban J connectivity index is 1.90. The number of aryl methyl sites for hydroxylation is 1. The molecule has 0 radical (unpaired) electrons. The molecule has 0 aromatic heterocycles. The summed E-state index contributed by atoms with van der Waals surface area (Å²) >= 11 is 0. The summed E-state index contributed by atoms with van der Waals surface area (Å²) in [5.41, 5.74) is 2.04. The van der Waals surface area contributed by atoms with Gasteiger partial charge in [0, 0.05) is 6.08 Å². The van der Waals surface area contributed by atoms with E-state index in [1.807, 2.05) is 18.2 Å². The van der Waals surface area contributed by atoms with Gasteiger partial charge in [-0.3, -0.25) is 0 Å². The lowest BCUT2D eigenvalue weighted by atomic mass is 10.1. The molecule has 0 aliphatic heterocycles. The zero-order chi connectivity index (χ0) is 16.5. The van der Waals surface area contributed by atoms with E-state index in [-0.39, 0.29) is 0 Å². The average molecular weight is 312 g/mol. The van der Waals surface area contributed by atoms with Gasteiger partial charge in [0.1, 0.15) is 0 Å². The van der Waals surface area contributed by atoms with E-state index in [1.54, 1.807) is 25.3 Å². The normalized spacial score (nSPS) is 10.7. The van der Waals surface area contributed by atoms with E-state index in [1.165, 1.54) is 11.6 Å². The highest BCUT2D eigenvalue weighted by Gasteiger charge is 2.05. The van der Waals surface area contributed by atoms with Gasteiger partial charge in [-0.25, -0.2) is 4.79 Å². The van der Waals surface area contributed by atoms with Crippen molar-refractivity contribution in [2.75, 3.05) is 13.7 Å². The molecule has 1 N–H and O–H groups in total. The second-order valence-corrected chi connectivity index (χ2v) is 5.02. The third-order valence-electron chi connectivity index (χ3n) is 3.32. The molecule has 4 nitrogen and oxygen atoms in total. The fraction of sp³-hybridized carbons (Fsp3) is 0.211. The van der Waals surface area contributed by atoms with Crippen LogP contribution in [-0.4, -0.2) is 24.8 Å². The fourth-order valence-electron chi connectivity index (χ4n) is 2.18. The molecule has 0 bridgehead atoms. The van der Waals surface area contributed by atoms with Crippen LogP contribution in [0, 0.1) is 0 Å². The molecule has 2 aromatic carbocycles. The van der Waals surface area contributed by atoms with Crippen LogP contribution in [0.25, 0.3) is 6.08 Å². The number of rotatable bonds is 8. The van der Waals surface area contributed by atoms with E-state index in [0.717, 1.165) is 24.5 Å². The second-order valence-electron chi connectivity index (χ2n) is 5.02. The molecule has 0 atom stereocenters. The van der Waals surface area contributed by atoms with Crippen molar-refractivity contribution in [3.8, 4) is 11.5 Å². The Labute approximate surface area is 136 Å². The van der Waals surface area contributed by atoms with Gasteiger partial charge in [0.25, 0.3) is 0 Å². The highest BCUT2D eigenvalue weighted by Crippen LogP contribution is 2.28. The number of carbonyl (C=O) groups is 1. The number of methoxy groups -OCH3 is 1. The van der Waals surface area contributed by atoms with E-state index in [0.29, 0.717) is 18.1 Å². The first kappa shape index (κ1) is 16.6. The summed E-state index contributed by atoms with van der Waals surface area (Å²) in [4.78, 5) is 10.5. The maximum atomic E-state index is 10.5. The van der Waals surface area contributed by atoms with Gasteiger partial charge in [-0.15, -0.1) is 0 Å². The Kier molecular flexibility index (Phi) is 6.24. The van der Waals surface area contributed by atoms with Gasteiger partial charge in [-0.05, 0) is 42.2 Å². The van der Waals surface area contributed by atoms with Gasteiger partial charge in [0.15, 0.2) is 11.5 Å². The molecule has 0 aliphatic carbocycles. The molecule has 0 aliphatic rings. The molecular weight excluding hydrogens is 292 g/mol. The number of hydrogen-bond donors (Lipinski definition) is 1. The van der Waals surface area contributed by atoms with Crippen LogP contribution in [0.1, 0.15) is 17.5 Å². The lowest BCUT2D eigenvalue weighted by Gasteiger charge is -2.11. The average Bonchev–Trinajstić information content (AvgIpc) is 2.58. The predicted octanol–water partition coefficient (Wildman–Crippen LogP) is 3.80. The number of carboxylic acid groups (broad SMARTS) is 1. The van der Waals surface area contributed by atoms with E-state index >= 15 is 0 Å². The monoisotopic (exact) mass is 312 g/mol. The standard InChI is InChI=1S/C19H20O4/c1-22-18-14-16(10-12-19(20)21)9-11-17(18)23-13-5-8-15-6-3-2-4-7-15/h2-4,6-7,9-12,14H,5,8,13H2,1H3,(H,20,21)/b12-10+. The molecule has 0 spiro atoms. The Hall–Kier alpha value is -2.75. The largest absolute Gasteiger partial charge is 0.493 e. The van der Waals surface area contributed by atoms with Gasteiger partial charge < -0.3 is 14.6 Å². The van der Waals surface area contributed by atoms with Crippen molar-refractivity contribution in [3.05, 3.63) is 65.7 Å². The van der Waals surface area contributed by atoms with Crippen LogP contribution < -0.4 is 9.47 Å². The maximum Gasteiger partial charge on any atom is 0.328 e. The Morgan fingerprint density at radius 1 is 1.13 bits per heavy atom. The van der Waals surface area contributed by atoms with Crippen LogP contribution >= 0.6 is 0 Å². The molecule has 0 amide bonds. The minimum Gasteiger partial charge on any atom is -0.493 e. The fourth-order valence-corrected chi connectivity index (χ4v) is 2.18. The zero-order valence-corrected chi connectivity index (χ0v) is 13.1. The lowest BCUT2D eigenvalue weighted by Crippen LogP contribution is -2.01. The predicted molar refractivity (Wildman–Crippen MR) is 89.9 cm³/mol. The number of hydrogen-bond acceptors (Lipinski definition) is 3. The third kappa shape index (κ3) is 5.51. The SMILES string of the molecule is COc1cc(/C=C/C(=O)O)ccc1OCCCc1ccccc1. The zero-order valence-electron chi connectivity index (χ0n) is 13.1. The van der Waals surface area contributed by atoms with Crippen LogP contribution in [0.5, 0.6) is 11.5 Å². The summed E-state index contributed by atoms with van der Waals surface area (Å²) in [5, 5.41) is 8.65. The second kappa shape index (κ2) is 8.63. The van der Waals surface area contributed by atoms with Crippen molar-refractivity contribution >= 4 is 12.0 Å². The first-order valence-electron chi connectivity index (χ1n) is 7.45.